The first kappa shape index (κ1) is 11.9. The van der Waals surface area contributed by atoms with Gasteiger partial charge in [0.2, 0.25) is 0 Å². The average Bonchev–Trinajstić information content (AvgIpc) is 1.82. The fraction of sp³-hybridized carbons (Fsp3) is 0.778. The molecule has 0 rings (SSSR count). The van der Waals surface area contributed by atoms with Crippen molar-refractivity contribution >= 4 is 11.9 Å². The summed E-state index contributed by atoms with van der Waals surface area (Å²) in [6.45, 7) is 5.25. The van der Waals surface area contributed by atoms with Gasteiger partial charge in [-0.1, -0.05) is 27.2 Å². The van der Waals surface area contributed by atoms with Crippen LogP contribution in [0.3, 0.4) is 0 Å². The van der Waals surface area contributed by atoms with Crippen LogP contribution in [0.1, 0.15) is 33.6 Å². The van der Waals surface area contributed by atoms with Crippen molar-refractivity contribution in [2.45, 2.75) is 33.6 Å². The Morgan fingerprint density at radius 1 is 1.23 bits per heavy atom. The van der Waals surface area contributed by atoms with Crippen LogP contribution < -0.4 is 0 Å². The highest BCUT2D eigenvalue weighted by Gasteiger charge is 2.40. The molecule has 4 heteroatoms. The molecule has 76 valence electrons. The van der Waals surface area contributed by atoms with E-state index < -0.39 is 23.3 Å². The highest BCUT2D eigenvalue weighted by molar-refractivity contribution is 5.93. The Morgan fingerprint density at radius 3 is 1.85 bits per heavy atom. The molecule has 0 unspecified atom stereocenters. The Hall–Kier alpha value is -1.06. The molecule has 4 nitrogen and oxygen atoms in total. The van der Waals surface area contributed by atoms with Gasteiger partial charge in [-0.3, -0.25) is 9.59 Å². The summed E-state index contributed by atoms with van der Waals surface area (Å²) in [7, 11) is 0. The topological polar surface area (TPSA) is 74.6 Å². The Morgan fingerprint density at radius 2 is 1.62 bits per heavy atom. The summed E-state index contributed by atoms with van der Waals surface area (Å²) in [5.41, 5.74) is -0.688. The van der Waals surface area contributed by atoms with Crippen molar-refractivity contribution in [1.29, 1.82) is 0 Å². The monoisotopic (exact) mass is 188 g/mol. The summed E-state index contributed by atoms with van der Waals surface area (Å²) in [6, 6.07) is 0. The van der Waals surface area contributed by atoms with Crippen LogP contribution in [-0.4, -0.2) is 22.2 Å². The molecule has 0 aromatic rings. The SMILES string of the molecule is CCCC(C)(C)C(C(=O)O)C(=O)O. The third-order valence-corrected chi connectivity index (χ3v) is 2.17. The highest BCUT2D eigenvalue weighted by Crippen LogP contribution is 2.32. The number of hydrogen-bond acceptors (Lipinski definition) is 2. The van der Waals surface area contributed by atoms with E-state index in [-0.39, 0.29) is 0 Å². The van der Waals surface area contributed by atoms with E-state index in [0.29, 0.717) is 6.42 Å². The van der Waals surface area contributed by atoms with Gasteiger partial charge in [-0.05, 0) is 11.8 Å². The van der Waals surface area contributed by atoms with Gasteiger partial charge in [-0.15, -0.1) is 0 Å². The van der Waals surface area contributed by atoms with E-state index in [1.165, 1.54) is 0 Å². The molecule has 13 heavy (non-hydrogen) atoms. The summed E-state index contributed by atoms with van der Waals surface area (Å²) < 4.78 is 0. The minimum Gasteiger partial charge on any atom is -0.481 e. The van der Waals surface area contributed by atoms with Crippen molar-refractivity contribution in [2.24, 2.45) is 11.3 Å². The van der Waals surface area contributed by atoms with Crippen LogP contribution in [-0.2, 0) is 9.59 Å². The lowest BCUT2D eigenvalue weighted by molar-refractivity contribution is -0.160. The fourth-order valence-corrected chi connectivity index (χ4v) is 1.56. The zero-order valence-electron chi connectivity index (χ0n) is 8.20. The summed E-state index contributed by atoms with van der Waals surface area (Å²) in [6.07, 6.45) is 1.38. The van der Waals surface area contributed by atoms with Gasteiger partial charge in [0, 0.05) is 0 Å². The number of rotatable bonds is 5. The molecular formula is C9H16O4. The van der Waals surface area contributed by atoms with Crippen molar-refractivity contribution in [2.75, 3.05) is 0 Å². The van der Waals surface area contributed by atoms with Gasteiger partial charge < -0.3 is 10.2 Å². The van der Waals surface area contributed by atoms with Gasteiger partial charge in [0.15, 0.2) is 5.92 Å². The molecule has 0 spiro atoms. The highest BCUT2D eigenvalue weighted by atomic mass is 16.4. The fourth-order valence-electron chi connectivity index (χ4n) is 1.56. The maximum Gasteiger partial charge on any atom is 0.318 e. The lowest BCUT2D eigenvalue weighted by Gasteiger charge is -2.27. The van der Waals surface area contributed by atoms with Crippen molar-refractivity contribution in [3.63, 3.8) is 0 Å². The molecule has 0 aliphatic rings. The third kappa shape index (κ3) is 3.05. The van der Waals surface area contributed by atoms with Crippen LogP contribution in [0.15, 0.2) is 0 Å². The molecule has 0 fully saturated rings. The van der Waals surface area contributed by atoms with Gasteiger partial charge in [-0.25, -0.2) is 0 Å². The largest absolute Gasteiger partial charge is 0.481 e. The van der Waals surface area contributed by atoms with Gasteiger partial charge in [0.25, 0.3) is 0 Å². The Kier molecular flexibility index (Phi) is 3.91. The molecule has 0 saturated heterocycles. The lowest BCUT2D eigenvalue weighted by atomic mass is 9.75. The van der Waals surface area contributed by atoms with E-state index in [9.17, 15) is 9.59 Å². The van der Waals surface area contributed by atoms with E-state index in [4.69, 9.17) is 10.2 Å². The van der Waals surface area contributed by atoms with E-state index in [1.54, 1.807) is 13.8 Å². The van der Waals surface area contributed by atoms with Gasteiger partial charge in [-0.2, -0.15) is 0 Å². The van der Waals surface area contributed by atoms with Crippen LogP contribution in [0.4, 0.5) is 0 Å². The maximum atomic E-state index is 10.7. The van der Waals surface area contributed by atoms with E-state index in [2.05, 4.69) is 0 Å². The molecule has 0 aromatic carbocycles. The van der Waals surface area contributed by atoms with E-state index in [0.717, 1.165) is 6.42 Å². The molecule has 0 aromatic heterocycles. The van der Waals surface area contributed by atoms with Crippen molar-refractivity contribution in [3.05, 3.63) is 0 Å². The first-order chi connectivity index (χ1) is 5.83. The minimum atomic E-state index is -1.31. The standard InChI is InChI=1S/C9H16O4/c1-4-5-9(2,3)6(7(10)11)8(12)13/h6H,4-5H2,1-3H3,(H,10,11)(H,12,13). The Balaban J connectivity index is 4.72. The molecule has 0 heterocycles. The molecule has 0 atom stereocenters. The summed E-state index contributed by atoms with van der Waals surface area (Å²) >= 11 is 0. The second-order valence-electron chi connectivity index (χ2n) is 3.85. The minimum absolute atomic E-state index is 0.594. The molecule has 0 amide bonds. The summed E-state index contributed by atoms with van der Waals surface area (Å²) in [5, 5.41) is 17.5. The molecule has 2 N–H and O–H groups in total. The van der Waals surface area contributed by atoms with Crippen LogP contribution in [0, 0.1) is 11.3 Å². The third-order valence-electron chi connectivity index (χ3n) is 2.17. The zero-order valence-corrected chi connectivity index (χ0v) is 8.20. The first-order valence-electron chi connectivity index (χ1n) is 4.28. The first-order valence-corrected chi connectivity index (χ1v) is 4.28. The average molecular weight is 188 g/mol. The lowest BCUT2D eigenvalue weighted by Crippen LogP contribution is -2.37. The number of hydrogen-bond donors (Lipinski definition) is 2. The number of carboxylic acids is 2. The van der Waals surface area contributed by atoms with Gasteiger partial charge in [0.05, 0.1) is 0 Å². The second kappa shape index (κ2) is 4.25. The van der Waals surface area contributed by atoms with Crippen molar-refractivity contribution in [1.82, 2.24) is 0 Å². The van der Waals surface area contributed by atoms with E-state index >= 15 is 0 Å². The maximum absolute atomic E-state index is 10.7. The quantitative estimate of drug-likeness (QED) is 0.642. The second-order valence-corrected chi connectivity index (χ2v) is 3.85. The van der Waals surface area contributed by atoms with Crippen LogP contribution in [0.5, 0.6) is 0 Å². The molecule has 0 bridgehead atoms. The summed E-state index contributed by atoms with van der Waals surface area (Å²) in [5.74, 6) is -3.83. The molecule has 0 radical (unpaired) electrons. The van der Waals surface area contributed by atoms with Crippen molar-refractivity contribution < 1.29 is 19.8 Å². The van der Waals surface area contributed by atoms with Gasteiger partial charge >= 0.3 is 11.9 Å². The number of aliphatic carboxylic acids is 2. The molecule has 0 aliphatic carbocycles. The predicted molar refractivity (Wildman–Crippen MR) is 47.5 cm³/mol. The molecular weight excluding hydrogens is 172 g/mol. The molecule has 0 aliphatic heterocycles. The predicted octanol–water partition coefficient (Wildman–Crippen LogP) is 1.60. The Bertz CT molecular complexity index is 194. The van der Waals surface area contributed by atoms with E-state index in [1.807, 2.05) is 6.92 Å². The normalized spacial score (nSPS) is 11.7. The number of carboxylic acid groups (broad SMARTS) is 2. The smallest absolute Gasteiger partial charge is 0.318 e. The zero-order chi connectivity index (χ0) is 10.6. The van der Waals surface area contributed by atoms with Crippen LogP contribution >= 0.6 is 0 Å². The summed E-state index contributed by atoms with van der Waals surface area (Å²) in [4.78, 5) is 21.4. The van der Waals surface area contributed by atoms with Crippen LogP contribution in [0.25, 0.3) is 0 Å². The van der Waals surface area contributed by atoms with Crippen molar-refractivity contribution in [3.8, 4) is 0 Å². The van der Waals surface area contributed by atoms with Crippen LogP contribution in [0.2, 0.25) is 0 Å². The molecule has 0 saturated carbocycles. The Labute approximate surface area is 77.6 Å². The van der Waals surface area contributed by atoms with Gasteiger partial charge in [0.1, 0.15) is 0 Å². The number of carbonyl (C=O) groups is 2.